The zero-order chi connectivity index (χ0) is 21.9. The van der Waals surface area contributed by atoms with Crippen LogP contribution in [0.4, 0.5) is 17.1 Å². The summed E-state index contributed by atoms with van der Waals surface area (Å²) in [7, 11) is 0. The van der Waals surface area contributed by atoms with Crippen molar-refractivity contribution in [2.24, 2.45) is 5.90 Å². The first kappa shape index (κ1) is 22.5. The van der Waals surface area contributed by atoms with Crippen LogP contribution in [0.2, 0.25) is 0 Å². The van der Waals surface area contributed by atoms with E-state index in [9.17, 15) is 0 Å². The van der Waals surface area contributed by atoms with Gasteiger partial charge in [0, 0.05) is 10.9 Å². The van der Waals surface area contributed by atoms with Crippen molar-refractivity contribution in [3.05, 3.63) is 53.1 Å². The third-order valence-electron chi connectivity index (χ3n) is 5.38. The highest BCUT2D eigenvalue weighted by molar-refractivity contribution is 6.13. The summed E-state index contributed by atoms with van der Waals surface area (Å²) in [6, 6.07) is 0. The number of nitrogen functional groups attached to an aromatic ring is 3. The van der Waals surface area contributed by atoms with Crippen molar-refractivity contribution in [3.8, 4) is 0 Å². The van der Waals surface area contributed by atoms with Gasteiger partial charge in [-0.2, -0.15) is 0 Å². The topological polar surface area (TPSA) is 113 Å². The second-order valence-electron chi connectivity index (χ2n) is 7.45. The highest BCUT2D eigenvalue weighted by Gasteiger charge is 2.27. The largest absolute Gasteiger partial charge is 0.396 e. The lowest BCUT2D eigenvalue weighted by atomic mass is 9.79. The van der Waals surface area contributed by atoms with Crippen LogP contribution in [0.25, 0.3) is 22.4 Å². The summed E-state index contributed by atoms with van der Waals surface area (Å²) in [6.07, 6.45) is 7.85. The summed E-state index contributed by atoms with van der Waals surface area (Å²) in [6.45, 7) is 16.2. The number of rotatable bonds is 8. The maximum Gasteiger partial charge on any atom is 0.102 e. The molecule has 1 atom stereocenters. The Labute approximate surface area is 174 Å². The Balaban J connectivity index is 3.37. The minimum Gasteiger partial charge on any atom is -0.396 e. The summed E-state index contributed by atoms with van der Waals surface area (Å²) in [5.41, 5.74) is 26.7. The lowest BCUT2D eigenvalue weighted by molar-refractivity contribution is 0.0657. The number of benzene rings is 2. The van der Waals surface area contributed by atoms with Gasteiger partial charge in [-0.25, -0.2) is 5.90 Å². The summed E-state index contributed by atoms with van der Waals surface area (Å²) >= 11 is 0. The summed E-state index contributed by atoms with van der Waals surface area (Å²) in [5, 5.41) is 1.93. The van der Waals surface area contributed by atoms with E-state index < -0.39 is 0 Å². The molecule has 0 amide bonds. The molecule has 0 heterocycles. The molecule has 0 spiro atoms. The van der Waals surface area contributed by atoms with E-state index in [2.05, 4.69) is 20.1 Å². The Kier molecular flexibility index (Phi) is 7.11. The highest BCUT2D eigenvalue weighted by atomic mass is 16.6. The maximum absolute atomic E-state index is 6.56. The van der Waals surface area contributed by atoms with Crippen LogP contribution in [0.1, 0.15) is 68.0 Å². The van der Waals surface area contributed by atoms with E-state index in [4.69, 9.17) is 27.9 Å². The fourth-order valence-corrected chi connectivity index (χ4v) is 4.23. The molecule has 0 bridgehead atoms. The molecular weight excluding hydrogens is 360 g/mol. The number of allylic oxidation sites excluding steroid dienone is 3. The molecule has 2 rings (SSSR count). The molecule has 0 saturated carbocycles. The minimum atomic E-state index is -0.324. The van der Waals surface area contributed by atoms with E-state index in [1.807, 2.05) is 39.0 Å². The van der Waals surface area contributed by atoms with Crippen LogP contribution in [-0.4, -0.2) is 0 Å². The molecule has 1 unspecified atom stereocenters. The van der Waals surface area contributed by atoms with Gasteiger partial charge in [0.2, 0.25) is 0 Å². The monoisotopic (exact) mass is 394 g/mol. The number of hydrogen-bond acceptors (Lipinski definition) is 5. The third-order valence-corrected chi connectivity index (χ3v) is 5.38. The molecule has 0 aliphatic carbocycles. The Morgan fingerprint density at radius 1 is 1.10 bits per heavy atom. The molecule has 5 heteroatoms. The van der Waals surface area contributed by atoms with Crippen LogP contribution in [0.15, 0.2) is 25.3 Å². The second kappa shape index (κ2) is 9.16. The van der Waals surface area contributed by atoms with E-state index in [0.29, 0.717) is 23.5 Å². The van der Waals surface area contributed by atoms with Gasteiger partial charge in [0.25, 0.3) is 0 Å². The molecule has 2 aromatic rings. The molecule has 0 aromatic heterocycles. The third kappa shape index (κ3) is 3.76. The fraction of sp³-hybridized carbons (Fsp3) is 0.333. The molecule has 2 aromatic carbocycles. The van der Waals surface area contributed by atoms with E-state index in [-0.39, 0.29) is 6.10 Å². The average Bonchev–Trinajstić information content (AvgIpc) is 2.69. The molecule has 0 aliphatic rings. The van der Waals surface area contributed by atoms with E-state index in [1.54, 1.807) is 0 Å². The van der Waals surface area contributed by atoms with Gasteiger partial charge in [-0.05, 0) is 61.3 Å². The van der Waals surface area contributed by atoms with Crippen molar-refractivity contribution in [3.63, 3.8) is 0 Å². The first-order valence-corrected chi connectivity index (χ1v) is 9.99. The molecule has 8 N–H and O–H groups in total. The van der Waals surface area contributed by atoms with E-state index in [1.165, 1.54) is 0 Å². The Morgan fingerprint density at radius 3 is 2.24 bits per heavy atom. The fourth-order valence-electron chi connectivity index (χ4n) is 4.23. The van der Waals surface area contributed by atoms with Crippen LogP contribution in [0, 0.1) is 0 Å². The SMILES string of the molecule is C=CCc1c(C(=C)C)c(C(C)ON)c(CCC)c2c(/C=C/C)c(N)c(N)c(N)c12. The maximum atomic E-state index is 6.56. The zero-order valence-electron chi connectivity index (χ0n) is 18.1. The quantitative estimate of drug-likeness (QED) is 0.276. The second-order valence-corrected chi connectivity index (χ2v) is 7.45. The Bertz CT molecular complexity index is 989. The molecule has 156 valence electrons. The lowest BCUT2D eigenvalue weighted by Gasteiger charge is -2.28. The standard InChI is InChI=1S/C24H34N4O/c1-7-10-15-18(13(4)5)19(14(6)29-28)16(11-8-2)20-17(12-9-3)22(25)24(27)23(26)21(15)20/h7,9,12,14H,1,4,8,10-11,25-28H2,2-3,5-6H3/b12-9+. The van der Waals surface area contributed by atoms with Gasteiger partial charge in [0.1, 0.15) is 6.10 Å². The van der Waals surface area contributed by atoms with Crippen LogP contribution in [0.3, 0.4) is 0 Å². The molecule has 0 fully saturated rings. The number of hydrogen-bond donors (Lipinski definition) is 4. The predicted octanol–water partition coefficient (Wildman–Crippen LogP) is 5.28. The molecular formula is C24H34N4O. The van der Waals surface area contributed by atoms with Crippen LogP contribution in [0.5, 0.6) is 0 Å². The zero-order valence-corrected chi connectivity index (χ0v) is 18.1. The lowest BCUT2D eigenvalue weighted by Crippen LogP contribution is -2.15. The highest BCUT2D eigenvalue weighted by Crippen LogP contribution is 2.47. The van der Waals surface area contributed by atoms with Gasteiger partial charge in [-0.1, -0.05) is 43.7 Å². The van der Waals surface area contributed by atoms with Crippen molar-refractivity contribution in [1.82, 2.24) is 0 Å². The van der Waals surface area contributed by atoms with Gasteiger partial charge in [0.15, 0.2) is 0 Å². The van der Waals surface area contributed by atoms with Gasteiger partial charge in [0.05, 0.1) is 17.1 Å². The van der Waals surface area contributed by atoms with Crippen molar-refractivity contribution >= 4 is 39.5 Å². The van der Waals surface area contributed by atoms with Gasteiger partial charge >= 0.3 is 0 Å². The summed E-state index contributed by atoms with van der Waals surface area (Å²) < 4.78 is 0. The molecule has 5 nitrogen and oxygen atoms in total. The van der Waals surface area contributed by atoms with E-state index in [0.717, 1.165) is 57.0 Å². The summed E-state index contributed by atoms with van der Waals surface area (Å²) in [4.78, 5) is 5.31. The van der Waals surface area contributed by atoms with Crippen molar-refractivity contribution in [2.45, 2.75) is 53.1 Å². The number of anilines is 3. The number of fused-ring (bicyclic) bond motifs is 1. The smallest absolute Gasteiger partial charge is 0.102 e. The summed E-state index contributed by atoms with van der Waals surface area (Å²) in [5.74, 6) is 5.65. The molecule has 0 saturated heterocycles. The number of aryl methyl sites for hydroxylation is 1. The minimum absolute atomic E-state index is 0.324. The molecule has 29 heavy (non-hydrogen) atoms. The van der Waals surface area contributed by atoms with Crippen LogP contribution in [-0.2, 0) is 17.7 Å². The number of nitrogens with two attached hydrogens (primary N) is 4. The first-order valence-electron chi connectivity index (χ1n) is 9.99. The van der Waals surface area contributed by atoms with Gasteiger partial charge < -0.3 is 17.2 Å². The van der Waals surface area contributed by atoms with Crippen LogP contribution >= 0.6 is 0 Å². The first-order chi connectivity index (χ1) is 13.8. The molecule has 0 aliphatic heterocycles. The van der Waals surface area contributed by atoms with Crippen LogP contribution < -0.4 is 23.1 Å². The normalized spacial score (nSPS) is 12.6. The Morgan fingerprint density at radius 2 is 1.76 bits per heavy atom. The van der Waals surface area contributed by atoms with Crippen molar-refractivity contribution < 1.29 is 4.84 Å². The Hall–Kier alpha value is -2.76. The van der Waals surface area contributed by atoms with Crippen molar-refractivity contribution in [1.29, 1.82) is 0 Å². The predicted molar refractivity (Wildman–Crippen MR) is 128 cm³/mol. The van der Waals surface area contributed by atoms with Gasteiger partial charge in [-0.15, -0.1) is 6.58 Å². The molecule has 0 radical (unpaired) electrons. The van der Waals surface area contributed by atoms with Crippen molar-refractivity contribution in [2.75, 3.05) is 17.2 Å². The van der Waals surface area contributed by atoms with Gasteiger partial charge in [-0.3, -0.25) is 4.84 Å². The van der Waals surface area contributed by atoms with E-state index >= 15 is 0 Å². The average molecular weight is 395 g/mol.